The van der Waals surface area contributed by atoms with E-state index in [9.17, 15) is 15.0 Å². The first-order chi connectivity index (χ1) is 16.7. The van der Waals surface area contributed by atoms with Crippen molar-refractivity contribution in [3.63, 3.8) is 0 Å². The lowest BCUT2D eigenvalue weighted by Gasteiger charge is -2.40. The van der Waals surface area contributed by atoms with E-state index in [1.165, 1.54) is 19.3 Å². The number of nitrogens with zero attached hydrogens (tertiary/aromatic N) is 3. The van der Waals surface area contributed by atoms with Crippen LogP contribution in [0.5, 0.6) is 6.01 Å². The summed E-state index contributed by atoms with van der Waals surface area (Å²) in [7, 11) is 0. The SMILES string of the molecule is CCOc1ncc(Nc2cc([C@H](CC)CC(=O)O)ccc2N(CC(C)(C)O)C2CCCCC2)cn1. The highest BCUT2D eigenvalue weighted by Crippen LogP contribution is 2.38. The normalized spacial score (nSPS) is 15.5. The third kappa shape index (κ3) is 7.82. The Morgan fingerprint density at radius 1 is 1.20 bits per heavy atom. The van der Waals surface area contributed by atoms with Gasteiger partial charge in [-0.2, -0.15) is 0 Å². The average molecular weight is 485 g/mol. The number of carbonyl (C=O) groups is 1. The van der Waals surface area contributed by atoms with E-state index < -0.39 is 11.6 Å². The van der Waals surface area contributed by atoms with Crippen molar-refractivity contribution < 1.29 is 19.7 Å². The summed E-state index contributed by atoms with van der Waals surface area (Å²) in [5.74, 6) is -0.891. The van der Waals surface area contributed by atoms with Crippen LogP contribution >= 0.6 is 0 Å². The molecule has 0 unspecified atom stereocenters. The molecule has 3 rings (SSSR count). The number of benzene rings is 1. The minimum absolute atomic E-state index is 0.0808. The fourth-order valence-corrected chi connectivity index (χ4v) is 4.83. The molecule has 0 bridgehead atoms. The zero-order chi connectivity index (χ0) is 25.4. The average Bonchev–Trinajstić information content (AvgIpc) is 2.82. The van der Waals surface area contributed by atoms with Crippen molar-refractivity contribution >= 4 is 23.0 Å². The molecule has 0 aliphatic heterocycles. The predicted octanol–water partition coefficient (Wildman–Crippen LogP) is 5.50. The molecule has 3 N–H and O–H groups in total. The summed E-state index contributed by atoms with van der Waals surface area (Å²) in [4.78, 5) is 22.3. The topological polar surface area (TPSA) is 108 Å². The smallest absolute Gasteiger partial charge is 0.316 e. The summed E-state index contributed by atoms with van der Waals surface area (Å²) < 4.78 is 5.37. The van der Waals surface area contributed by atoms with Gasteiger partial charge in [0.05, 0.1) is 48.1 Å². The Hall–Kier alpha value is -2.87. The number of hydrogen-bond donors (Lipinski definition) is 3. The fraction of sp³-hybridized carbons (Fsp3) is 0.593. The summed E-state index contributed by atoms with van der Waals surface area (Å²) in [5.41, 5.74) is 2.66. The van der Waals surface area contributed by atoms with Gasteiger partial charge in [-0.05, 0) is 63.6 Å². The molecule has 1 saturated carbocycles. The maximum absolute atomic E-state index is 11.5. The second-order valence-electron chi connectivity index (χ2n) is 10.0. The summed E-state index contributed by atoms with van der Waals surface area (Å²) in [5, 5.41) is 23.6. The Morgan fingerprint density at radius 2 is 1.89 bits per heavy atom. The van der Waals surface area contributed by atoms with Crippen molar-refractivity contribution in [1.29, 1.82) is 0 Å². The monoisotopic (exact) mass is 484 g/mol. The number of carboxylic acid groups (broad SMARTS) is 1. The van der Waals surface area contributed by atoms with Gasteiger partial charge in [0.15, 0.2) is 0 Å². The van der Waals surface area contributed by atoms with Crippen LogP contribution in [-0.4, -0.2) is 50.9 Å². The van der Waals surface area contributed by atoms with E-state index in [0.717, 1.165) is 36.2 Å². The zero-order valence-electron chi connectivity index (χ0n) is 21.5. The molecule has 1 atom stereocenters. The molecule has 192 valence electrons. The number of anilines is 3. The summed E-state index contributed by atoms with van der Waals surface area (Å²) in [6.45, 7) is 8.57. The van der Waals surface area contributed by atoms with Crippen LogP contribution in [0.4, 0.5) is 17.1 Å². The standard InChI is InChI=1S/C27H40N4O4/c1-5-19(15-25(32)33)20-12-13-24(31(18-27(3,4)34)22-10-8-7-9-11-22)23(14-20)30-21-16-28-26(29-17-21)35-6-2/h12-14,16-17,19,22,30,34H,5-11,15,18H2,1-4H3,(H,32,33)/t19-/m1/s1. The lowest BCUT2D eigenvalue weighted by atomic mass is 9.90. The molecule has 1 aromatic carbocycles. The Bertz CT molecular complexity index is 953. The molecule has 1 heterocycles. The lowest BCUT2D eigenvalue weighted by molar-refractivity contribution is -0.137. The van der Waals surface area contributed by atoms with Gasteiger partial charge in [-0.3, -0.25) is 4.79 Å². The van der Waals surface area contributed by atoms with E-state index in [-0.39, 0.29) is 12.3 Å². The summed E-state index contributed by atoms with van der Waals surface area (Å²) >= 11 is 0. The van der Waals surface area contributed by atoms with Crippen LogP contribution in [0.2, 0.25) is 0 Å². The Kier molecular flexibility index (Phi) is 9.32. The number of nitrogens with one attached hydrogen (secondary N) is 1. The van der Waals surface area contributed by atoms with Gasteiger partial charge in [-0.25, -0.2) is 9.97 Å². The van der Waals surface area contributed by atoms with Crippen LogP contribution in [-0.2, 0) is 4.79 Å². The molecule has 1 aliphatic carbocycles. The molecular formula is C27H40N4O4. The van der Waals surface area contributed by atoms with E-state index >= 15 is 0 Å². The molecule has 8 heteroatoms. The molecule has 0 amide bonds. The second kappa shape index (κ2) is 12.2. The summed E-state index contributed by atoms with van der Waals surface area (Å²) in [6, 6.07) is 6.80. The second-order valence-corrected chi connectivity index (χ2v) is 10.0. The largest absolute Gasteiger partial charge is 0.481 e. The van der Waals surface area contributed by atoms with Crippen molar-refractivity contribution in [3.8, 4) is 6.01 Å². The molecule has 0 saturated heterocycles. The number of aromatic nitrogens is 2. The number of ether oxygens (including phenoxy) is 1. The number of carboxylic acids is 1. The highest BCUT2D eigenvalue weighted by atomic mass is 16.5. The van der Waals surface area contributed by atoms with E-state index in [0.29, 0.717) is 30.9 Å². The van der Waals surface area contributed by atoms with Crippen LogP contribution in [0, 0.1) is 0 Å². The van der Waals surface area contributed by atoms with E-state index in [4.69, 9.17) is 4.74 Å². The van der Waals surface area contributed by atoms with Gasteiger partial charge in [-0.15, -0.1) is 0 Å². The van der Waals surface area contributed by atoms with Crippen molar-refractivity contribution in [2.24, 2.45) is 0 Å². The molecule has 8 nitrogen and oxygen atoms in total. The highest BCUT2D eigenvalue weighted by molar-refractivity contribution is 5.77. The summed E-state index contributed by atoms with van der Waals surface area (Å²) in [6.07, 6.45) is 9.95. The quantitative estimate of drug-likeness (QED) is 0.363. The fourth-order valence-electron chi connectivity index (χ4n) is 4.83. The first kappa shape index (κ1) is 26.7. The third-order valence-electron chi connectivity index (χ3n) is 6.47. The third-order valence-corrected chi connectivity index (χ3v) is 6.47. The van der Waals surface area contributed by atoms with Crippen LogP contribution in [0.15, 0.2) is 30.6 Å². The Labute approximate surface area is 208 Å². The molecule has 2 aromatic rings. The molecule has 1 aliphatic rings. The molecule has 1 fully saturated rings. The predicted molar refractivity (Wildman–Crippen MR) is 139 cm³/mol. The van der Waals surface area contributed by atoms with Crippen LogP contribution < -0.4 is 15.0 Å². The minimum Gasteiger partial charge on any atom is -0.481 e. The molecule has 1 aromatic heterocycles. The van der Waals surface area contributed by atoms with Gasteiger partial charge in [0.25, 0.3) is 0 Å². The first-order valence-corrected chi connectivity index (χ1v) is 12.8. The van der Waals surface area contributed by atoms with Gasteiger partial charge >= 0.3 is 12.0 Å². The van der Waals surface area contributed by atoms with Crippen molar-refractivity contribution in [2.75, 3.05) is 23.4 Å². The maximum Gasteiger partial charge on any atom is 0.316 e. The molecule has 0 radical (unpaired) electrons. The minimum atomic E-state index is -0.870. The number of rotatable bonds is 12. The molecule has 35 heavy (non-hydrogen) atoms. The highest BCUT2D eigenvalue weighted by Gasteiger charge is 2.29. The van der Waals surface area contributed by atoms with Crippen LogP contribution in [0.1, 0.15) is 84.1 Å². The van der Waals surface area contributed by atoms with E-state index in [1.807, 2.05) is 39.8 Å². The number of aliphatic carboxylic acids is 1. The van der Waals surface area contributed by atoms with Crippen LogP contribution in [0.25, 0.3) is 0 Å². The Morgan fingerprint density at radius 3 is 2.46 bits per heavy atom. The van der Waals surface area contributed by atoms with E-state index in [2.05, 4.69) is 26.3 Å². The Balaban J connectivity index is 2.03. The van der Waals surface area contributed by atoms with E-state index in [1.54, 1.807) is 12.4 Å². The lowest BCUT2D eigenvalue weighted by Crippen LogP contribution is -2.45. The molecular weight excluding hydrogens is 444 g/mol. The first-order valence-electron chi connectivity index (χ1n) is 12.8. The van der Waals surface area contributed by atoms with Gasteiger partial charge < -0.3 is 25.2 Å². The van der Waals surface area contributed by atoms with Crippen molar-refractivity contribution in [2.45, 2.75) is 90.2 Å². The number of hydrogen-bond acceptors (Lipinski definition) is 7. The maximum atomic E-state index is 11.5. The van der Waals surface area contributed by atoms with Gasteiger partial charge in [-0.1, -0.05) is 32.3 Å². The van der Waals surface area contributed by atoms with Crippen LogP contribution in [0.3, 0.4) is 0 Å². The zero-order valence-corrected chi connectivity index (χ0v) is 21.5. The number of aliphatic hydroxyl groups is 1. The van der Waals surface area contributed by atoms with Gasteiger partial charge in [0.2, 0.25) is 0 Å². The molecule has 0 spiro atoms. The van der Waals surface area contributed by atoms with Crippen molar-refractivity contribution in [1.82, 2.24) is 9.97 Å². The van der Waals surface area contributed by atoms with Gasteiger partial charge in [0.1, 0.15) is 0 Å². The van der Waals surface area contributed by atoms with Crippen molar-refractivity contribution in [3.05, 3.63) is 36.2 Å². The van der Waals surface area contributed by atoms with Gasteiger partial charge in [0, 0.05) is 12.6 Å².